The van der Waals surface area contributed by atoms with Crippen molar-refractivity contribution < 1.29 is 9.72 Å². The zero-order chi connectivity index (χ0) is 17.6. The molecule has 4 nitrogen and oxygen atoms in total. The van der Waals surface area contributed by atoms with Gasteiger partial charge in [-0.15, -0.1) is 23.1 Å². The fourth-order valence-corrected chi connectivity index (χ4v) is 5.46. The number of benzene rings is 1. The highest BCUT2D eigenvalue weighted by atomic mass is 32.2. The Labute approximate surface area is 155 Å². The summed E-state index contributed by atoms with van der Waals surface area (Å²) in [4.78, 5) is 23.5. The van der Waals surface area contributed by atoms with Crippen LogP contribution in [0.25, 0.3) is 0 Å². The number of thiophene rings is 1. The van der Waals surface area contributed by atoms with E-state index < -0.39 is 0 Å². The van der Waals surface area contributed by atoms with E-state index in [0.717, 1.165) is 35.5 Å². The third-order valence-corrected chi connectivity index (χ3v) is 6.98. The fourth-order valence-electron chi connectivity index (χ4n) is 3.31. The average molecular weight is 376 g/mol. The predicted molar refractivity (Wildman–Crippen MR) is 102 cm³/mol. The maximum atomic E-state index is 12.8. The van der Waals surface area contributed by atoms with Gasteiger partial charge in [-0.3, -0.25) is 14.9 Å². The van der Waals surface area contributed by atoms with Gasteiger partial charge in [0.15, 0.2) is 0 Å². The summed E-state index contributed by atoms with van der Waals surface area (Å²) in [6, 6.07) is 10.7. The van der Waals surface area contributed by atoms with E-state index in [1.165, 1.54) is 12.5 Å². The summed E-state index contributed by atoms with van der Waals surface area (Å²) in [5.41, 5.74) is 0.941. The lowest BCUT2D eigenvalue weighted by molar-refractivity contribution is -0.384. The molecule has 3 rings (SSSR count). The molecular formula is C19H21NO3S2. The fraction of sp³-hybridized carbons (Fsp3) is 0.421. The molecule has 1 aromatic carbocycles. The summed E-state index contributed by atoms with van der Waals surface area (Å²) in [5, 5.41) is 13.0. The number of ketones is 1. The van der Waals surface area contributed by atoms with E-state index >= 15 is 0 Å². The van der Waals surface area contributed by atoms with Crippen molar-refractivity contribution in [2.24, 2.45) is 5.92 Å². The van der Waals surface area contributed by atoms with Crippen LogP contribution in [-0.2, 0) is 4.79 Å². The van der Waals surface area contributed by atoms with Crippen molar-refractivity contribution in [3.63, 3.8) is 0 Å². The third-order valence-electron chi connectivity index (χ3n) is 4.65. The van der Waals surface area contributed by atoms with Crippen LogP contribution in [0.3, 0.4) is 0 Å². The number of hydrogen-bond donors (Lipinski definition) is 0. The largest absolute Gasteiger partial charge is 0.299 e. The summed E-state index contributed by atoms with van der Waals surface area (Å²) in [5.74, 6) is 0.471. The Morgan fingerprint density at radius 2 is 2.04 bits per heavy atom. The van der Waals surface area contributed by atoms with Gasteiger partial charge < -0.3 is 0 Å². The smallest absolute Gasteiger partial charge is 0.269 e. The second-order valence-electron chi connectivity index (χ2n) is 6.40. The quantitative estimate of drug-likeness (QED) is 0.337. The number of rotatable bonds is 7. The van der Waals surface area contributed by atoms with Gasteiger partial charge >= 0.3 is 0 Å². The zero-order valence-electron chi connectivity index (χ0n) is 13.9. The van der Waals surface area contributed by atoms with Crippen molar-refractivity contribution in [3.8, 4) is 0 Å². The number of nitrogens with zero attached hydrogens (tertiary/aromatic N) is 1. The van der Waals surface area contributed by atoms with Crippen molar-refractivity contribution in [2.45, 2.75) is 48.0 Å². The zero-order valence-corrected chi connectivity index (χ0v) is 15.6. The molecule has 0 amide bonds. The van der Waals surface area contributed by atoms with E-state index in [-0.39, 0.29) is 21.8 Å². The number of nitro benzene ring substituents is 1. The number of thioether (sulfide) groups is 1. The molecule has 0 saturated heterocycles. The molecule has 1 heterocycles. The third kappa shape index (κ3) is 4.92. The Morgan fingerprint density at radius 1 is 1.24 bits per heavy atom. The van der Waals surface area contributed by atoms with Gasteiger partial charge in [-0.05, 0) is 29.9 Å². The Balaban J connectivity index is 1.80. The van der Waals surface area contributed by atoms with E-state index in [1.54, 1.807) is 35.2 Å². The van der Waals surface area contributed by atoms with Crippen LogP contribution >= 0.6 is 23.1 Å². The summed E-state index contributed by atoms with van der Waals surface area (Å²) in [7, 11) is 0. The summed E-state index contributed by atoms with van der Waals surface area (Å²) in [6.45, 7) is 0. The van der Waals surface area contributed by atoms with E-state index in [9.17, 15) is 14.9 Å². The summed E-state index contributed by atoms with van der Waals surface area (Å²) < 4.78 is 1.13. The molecule has 1 aliphatic carbocycles. The van der Waals surface area contributed by atoms with Crippen molar-refractivity contribution in [3.05, 3.63) is 57.5 Å². The monoisotopic (exact) mass is 375 g/mol. The molecular weight excluding hydrogens is 354 g/mol. The van der Waals surface area contributed by atoms with Gasteiger partial charge in [-0.2, -0.15) is 0 Å². The molecule has 132 valence electrons. The van der Waals surface area contributed by atoms with Crippen molar-refractivity contribution in [2.75, 3.05) is 0 Å². The highest BCUT2D eigenvalue weighted by molar-refractivity contribution is 8.01. The van der Waals surface area contributed by atoms with Crippen LogP contribution in [0.1, 0.15) is 49.3 Å². The first-order valence-corrected chi connectivity index (χ1v) is 10.4. The molecule has 0 N–H and O–H groups in total. The molecule has 1 aliphatic rings. The number of carbonyl (C=O) groups is 1. The van der Waals surface area contributed by atoms with Gasteiger partial charge in [0.25, 0.3) is 5.69 Å². The Kier molecular flexibility index (Phi) is 6.26. The maximum absolute atomic E-state index is 12.8. The molecule has 25 heavy (non-hydrogen) atoms. The first-order chi connectivity index (χ1) is 12.1. The Bertz CT molecular complexity index is 724. The van der Waals surface area contributed by atoms with Crippen LogP contribution in [0.2, 0.25) is 0 Å². The van der Waals surface area contributed by atoms with Gasteiger partial charge in [-0.25, -0.2) is 0 Å². The van der Waals surface area contributed by atoms with E-state index in [2.05, 4.69) is 0 Å². The predicted octanol–water partition coefficient (Wildman–Crippen LogP) is 6.03. The second-order valence-corrected chi connectivity index (χ2v) is 8.85. The highest BCUT2D eigenvalue weighted by Gasteiger charge is 2.26. The number of non-ortho nitro benzene ring substituents is 1. The van der Waals surface area contributed by atoms with Crippen LogP contribution in [0.15, 0.2) is 46.0 Å². The van der Waals surface area contributed by atoms with Crippen LogP contribution in [0, 0.1) is 16.0 Å². The van der Waals surface area contributed by atoms with E-state index in [1.807, 2.05) is 23.6 Å². The number of Topliss-reactive ketones (excluding diaryl/α,β-unsaturated/α-hetero) is 1. The molecule has 1 unspecified atom stereocenters. The van der Waals surface area contributed by atoms with E-state index in [0.29, 0.717) is 12.2 Å². The van der Waals surface area contributed by atoms with Crippen molar-refractivity contribution in [1.82, 2.24) is 0 Å². The number of nitro groups is 1. The maximum Gasteiger partial charge on any atom is 0.269 e. The first kappa shape index (κ1) is 18.1. The molecule has 0 spiro atoms. The van der Waals surface area contributed by atoms with Crippen LogP contribution in [0.4, 0.5) is 5.69 Å². The molecule has 2 aromatic rings. The summed E-state index contributed by atoms with van der Waals surface area (Å²) in [6.07, 6.45) is 5.91. The minimum absolute atomic E-state index is 0.0759. The Hall–Kier alpha value is -1.66. The molecule has 0 aliphatic heterocycles. The lowest BCUT2D eigenvalue weighted by Gasteiger charge is -2.23. The van der Waals surface area contributed by atoms with Gasteiger partial charge in [0, 0.05) is 29.7 Å². The highest BCUT2D eigenvalue weighted by Crippen LogP contribution is 2.42. The summed E-state index contributed by atoms with van der Waals surface area (Å²) >= 11 is 3.27. The second kappa shape index (κ2) is 8.63. The lowest BCUT2D eigenvalue weighted by atomic mass is 9.84. The lowest BCUT2D eigenvalue weighted by Crippen LogP contribution is -2.19. The molecule has 1 atom stereocenters. The molecule has 6 heteroatoms. The Morgan fingerprint density at radius 3 is 2.72 bits per heavy atom. The molecule has 1 fully saturated rings. The van der Waals surface area contributed by atoms with Gasteiger partial charge in [0.05, 0.1) is 9.13 Å². The number of hydrogen-bond acceptors (Lipinski definition) is 5. The molecule has 0 bridgehead atoms. The standard InChI is InChI=1S/C19H21NO3S2/c21-17(14-6-2-1-3-7-14)13-18(25-19-10-5-11-24-19)15-8-4-9-16(12-15)20(22)23/h4-5,8-12,14,18H,1-3,6-7,13H2. The topological polar surface area (TPSA) is 60.2 Å². The van der Waals surface area contributed by atoms with Crippen LogP contribution in [-0.4, -0.2) is 10.7 Å². The van der Waals surface area contributed by atoms with Crippen LogP contribution < -0.4 is 0 Å². The first-order valence-electron chi connectivity index (χ1n) is 8.60. The van der Waals surface area contributed by atoms with Gasteiger partial charge in [0.2, 0.25) is 0 Å². The average Bonchev–Trinajstić information content (AvgIpc) is 3.15. The van der Waals surface area contributed by atoms with Crippen molar-refractivity contribution >= 4 is 34.6 Å². The molecule has 0 radical (unpaired) electrons. The molecule has 1 aromatic heterocycles. The van der Waals surface area contributed by atoms with Crippen LogP contribution in [0.5, 0.6) is 0 Å². The van der Waals surface area contributed by atoms with Gasteiger partial charge in [0.1, 0.15) is 5.78 Å². The van der Waals surface area contributed by atoms with Crippen molar-refractivity contribution in [1.29, 1.82) is 0 Å². The SMILES string of the molecule is O=C(CC(Sc1cccs1)c1cccc([N+](=O)[O-])c1)C1CCCCC1. The van der Waals surface area contributed by atoms with E-state index in [4.69, 9.17) is 0 Å². The minimum Gasteiger partial charge on any atom is -0.299 e. The molecule has 1 saturated carbocycles. The normalized spacial score (nSPS) is 16.5. The van der Waals surface area contributed by atoms with Gasteiger partial charge in [-0.1, -0.05) is 37.5 Å². The number of carbonyl (C=O) groups excluding carboxylic acids is 1. The minimum atomic E-state index is -0.376.